The summed E-state index contributed by atoms with van der Waals surface area (Å²) in [6.07, 6.45) is 3.38. The van der Waals surface area contributed by atoms with Crippen molar-refractivity contribution in [2.45, 2.75) is 53.0 Å². The van der Waals surface area contributed by atoms with Crippen molar-refractivity contribution >= 4 is 23.2 Å². The van der Waals surface area contributed by atoms with Crippen LogP contribution in [0, 0.1) is 31.4 Å². The Hall–Kier alpha value is -2.51. The number of aryl methyl sites for hydroxylation is 1. The SMILES string of the molecule is CCc1c(C)c(CC2CCN(Cc3cccc(Cl)c3F)CC2)nc(Nc2cc(C)[nH]n2)c1F. The molecule has 5 nitrogen and oxygen atoms in total. The van der Waals surface area contributed by atoms with E-state index in [-0.39, 0.29) is 22.5 Å². The van der Waals surface area contributed by atoms with Gasteiger partial charge in [0.1, 0.15) is 5.82 Å². The molecule has 0 unspecified atom stereocenters. The first-order chi connectivity index (χ1) is 15.9. The minimum atomic E-state index is -0.327. The Morgan fingerprint density at radius 1 is 1.18 bits per heavy atom. The van der Waals surface area contributed by atoms with Gasteiger partial charge in [-0.2, -0.15) is 5.10 Å². The van der Waals surface area contributed by atoms with Crippen LogP contribution in [0.2, 0.25) is 5.02 Å². The molecule has 4 rings (SSSR count). The number of H-pyrrole nitrogens is 1. The lowest BCUT2D eigenvalue weighted by atomic mass is 9.89. The zero-order chi connectivity index (χ0) is 23.5. The lowest BCUT2D eigenvalue weighted by Gasteiger charge is -2.32. The Balaban J connectivity index is 1.44. The number of hydrogen-bond donors (Lipinski definition) is 2. The van der Waals surface area contributed by atoms with Crippen LogP contribution in [0.3, 0.4) is 0 Å². The van der Waals surface area contributed by atoms with E-state index in [0.29, 0.717) is 35.8 Å². The summed E-state index contributed by atoms with van der Waals surface area (Å²) in [5, 5.41) is 10.2. The van der Waals surface area contributed by atoms with Crippen molar-refractivity contribution in [3.63, 3.8) is 0 Å². The van der Waals surface area contributed by atoms with Gasteiger partial charge in [-0.05, 0) is 75.7 Å². The number of nitrogens with one attached hydrogen (secondary N) is 2. The molecule has 0 saturated carbocycles. The first kappa shape index (κ1) is 23.6. The van der Waals surface area contributed by atoms with Crippen molar-refractivity contribution in [2.24, 2.45) is 5.92 Å². The number of aromatic amines is 1. The summed E-state index contributed by atoms with van der Waals surface area (Å²) in [5.74, 6) is 0.599. The van der Waals surface area contributed by atoms with Crippen LogP contribution in [0.1, 0.15) is 47.8 Å². The van der Waals surface area contributed by atoms with Gasteiger partial charge in [-0.25, -0.2) is 13.8 Å². The van der Waals surface area contributed by atoms with Gasteiger partial charge in [-0.1, -0.05) is 30.7 Å². The molecule has 1 fully saturated rings. The molecule has 33 heavy (non-hydrogen) atoms. The van der Waals surface area contributed by atoms with Crippen molar-refractivity contribution in [2.75, 3.05) is 18.4 Å². The third-order valence-corrected chi connectivity index (χ3v) is 6.82. The molecule has 8 heteroatoms. The third kappa shape index (κ3) is 5.36. The lowest BCUT2D eigenvalue weighted by molar-refractivity contribution is 0.174. The van der Waals surface area contributed by atoms with Gasteiger partial charge in [0.15, 0.2) is 17.5 Å². The maximum Gasteiger partial charge on any atom is 0.169 e. The average Bonchev–Trinajstić information content (AvgIpc) is 3.21. The Kier molecular flexibility index (Phi) is 7.29. The predicted molar refractivity (Wildman–Crippen MR) is 128 cm³/mol. The van der Waals surface area contributed by atoms with E-state index in [4.69, 9.17) is 11.6 Å². The van der Waals surface area contributed by atoms with Gasteiger partial charge in [-0.3, -0.25) is 10.00 Å². The minimum absolute atomic E-state index is 0.168. The largest absolute Gasteiger partial charge is 0.321 e. The van der Waals surface area contributed by atoms with Crippen LogP contribution in [0.15, 0.2) is 24.3 Å². The Bertz CT molecular complexity index is 1120. The van der Waals surface area contributed by atoms with Crippen molar-refractivity contribution in [1.82, 2.24) is 20.1 Å². The first-order valence-electron chi connectivity index (χ1n) is 11.5. The number of piperidine rings is 1. The number of nitrogens with zero attached hydrogens (tertiary/aromatic N) is 3. The van der Waals surface area contributed by atoms with E-state index < -0.39 is 0 Å². The summed E-state index contributed by atoms with van der Waals surface area (Å²) >= 11 is 5.92. The Morgan fingerprint density at radius 3 is 2.61 bits per heavy atom. The number of benzene rings is 1. The molecule has 0 amide bonds. The highest BCUT2D eigenvalue weighted by atomic mass is 35.5. The Morgan fingerprint density at radius 2 is 1.94 bits per heavy atom. The first-order valence-corrected chi connectivity index (χ1v) is 11.9. The fourth-order valence-electron chi connectivity index (χ4n) is 4.59. The number of likely N-dealkylation sites (tertiary alicyclic amines) is 1. The Labute approximate surface area is 198 Å². The second-order valence-corrected chi connectivity index (χ2v) is 9.28. The van der Waals surface area contributed by atoms with Crippen LogP contribution in [-0.4, -0.2) is 33.2 Å². The topological polar surface area (TPSA) is 56.8 Å². The van der Waals surface area contributed by atoms with Crippen LogP contribution in [0.4, 0.5) is 20.4 Å². The van der Waals surface area contributed by atoms with E-state index in [1.807, 2.05) is 26.8 Å². The average molecular weight is 474 g/mol. The number of aromatic nitrogens is 3. The highest BCUT2D eigenvalue weighted by Crippen LogP contribution is 2.30. The quantitative estimate of drug-likeness (QED) is 0.434. The van der Waals surface area contributed by atoms with Crippen LogP contribution in [-0.2, 0) is 19.4 Å². The molecular weight excluding hydrogens is 444 g/mol. The van der Waals surface area contributed by atoms with E-state index in [0.717, 1.165) is 49.3 Å². The molecule has 2 N–H and O–H groups in total. The molecule has 1 saturated heterocycles. The second kappa shape index (κ2) is 10.2. The highest BCUT2D eigenvalue weighted by Gasteiger charge is 2.24. The van der Waals surface area contributed by atoms with Crippen molar-refractivity contribution in [3.05, 3.63) is 69.0 Å². The van der Waals surface area contributed by atoms with Crippen molar-refractivity contribution in [3.8, 4) is 0 Å². The summed E-state index contributed by atoms with van der Waals surface area (Å²) in [4.78, 5) is 6.93. The molecule has 0 atom stereocenters. The fraction of sp³-hybridized carbons (Fsp3) is 0.440. The smallest absolute Gasteiger partial charge is 0.169 e. The number of anilines is 2. The van der Waals surface area contributed by atoms with E-state index in [1.54, 1.807) is 18.2 Å². The second-order valence-electron chi connectivity index (χ2n) is 8.88. The van der Waals surface area contributed by atoms with Gasteiger partial charge in [0.05, 0.1) is 5.02 Å². The molecule has 1 aliphatic rings. The molecular formula is C25H30ClF2N5. The zero-order valence-corrected chi connectivity index (χ0v) is 20.1. The predicted octanol–water partition coefficient (Wildman–Crippen LogP) is 6.11. The van der Waals surface area contributed by atoms with Crippen LogP contribution >= 0.6 is 11.6 Å². The fourth-order valence-corrected chi connectivity index (χ4v) is 4.78. The molecule has 1 aliphatic heterocycles. The number of rotatable bonds is 7. The summed E-state index contributed by atoms with van der Waals surface area (Å²) in [5.41, 5.74) is 4.09. The van der Waals surface area contributed by atoms with E-state index in [1.165, 1.54) is 0 Å². The molecule has 176 valence electrons. The maximum absolute atomic E-state index is 15.1. The van der Waals surface area contributed by atoms with Gasteiger partial charge in [-0.15, -0.1) is 0 Å². The number of halogens is 3. The third-order valence-electron chi connectivity index (χ3n) is 6.53. The molecule has 3 heterocycles. The van der Waals surface area contributed by atoms with Crippen molar-refractivity contribution < 1.29 is 8.78 Å². The summed E-state index contributed by atoms with van der Waals surface area (Å²) < 4.78 is 29.3. The van der Waals surface area contributed by atoms with Gasteiger partial charge < -0.3 is 5.32 Å². The molecule has 2 aromatic heterocycles. The molecule has 0 aliphatic carbocycles. The molecule has 1 aromatic carbocycles. The van der Waals surface area contributed by atoms with Crippen LogP contribution < -0.4 is 5.32 Å². The summed E-state index contributed by atoms with van der Waals surface area (Å²) in [6, 6.07) is 6.98. The van der Waals surface area contributed by atoms with Gasteiger partial charge in [0, 0.05) is 29.6 Å². The normalized spacial score (nSPS) is 15.2. The monoisotopic (exact) mass is 473 g/mol. The summed E-state index contributed by atoms with van der Waals surface area (Å²) in [6.45, 7) is 8.15. The molecule has 0 radical (unpaired) electrons. The van der Waals surface area contributed by atoms with Crippen LogP contribution in [0.25, 0.3) is 0 Å². The van der Waals surface area contributed by atoms with E-state index in [2.05, 4.69) is 25.4 Å². The molecule has 0 spiro atoms. The van der Waals surface area contributed by atoms with Gasteiger partial charge in [0.2, 0.25) is 0 Å². The highest BCUT2D eigenvalue weighted by molar-refractivity contribution is 6.30. The standard InChI is InChI=1S/C25H30ClF2N5/c1-4-19-16(3)21(29-25(24(19)28)30-22-12-15(2)31-32-22)13-17-8-10-33(11-9-17)14-18-6-5-7-20(26)23(18)27/h5-7,12,17H,4,8-11,13-14H2,1-3H3,(H2,29,30,31,32). The lowest BCUT2D eigenvalue weighted by Crippen LogP contribution is -2.34. The zero-order valence-electron chi connectivity index (χ0n) is 19.3. The van der Waals surface area contributed by atoms with Gasteiger partial charge in [0.25, 0.3) is 0 Å². The van der Waals surface area contributed by atoms with Crippen molar-refractivity contribution in [1.29, 1.82) is 0 Å². The summed E-state index contributed by atoms with van der Waals surface area (Å²) in [7, 11) is 0. The van der Waals surface area contributed by atoms with E-state index in [9.17, 15) is 4.39 Å². The maximum atomic E-state index is 15.1. The van der Waals surface area contributed by atoms with Gasteiger partial charge >= 0.3 is 0 Å². The minimum Gasteiger partial charge on any atom is -0.321 e. The molecule has 3 aromatic rings. The number of hydrogen-bond acceptors (Lipinski definition) is 4. The van der Waals surface area contributed by atoms with E-state index >= 15 is 4.39 Å². The van der Waals surface area contributed by atoms with Crippen LogP contribution in [0.5, 0.6) is 0 Å². The molecule has 0 bridgehead atoms. The number of pyridine rings is 1.